The lowest BCUT2D eigenvalue weighted by molar-refractivity contribution is -0.128. The first kappa shape index (κ1) is 28.6. The third-order valence-corrected chi connectivity index (χ3v) is 6.32. The van der Waals surface area contributed by atoms with Gasteiger partial charge in [-0.2, -0.15) is 0 Å². The summed E-state index contributed by atoms with van der Waals surface area (Å²) in [6.45, 7) is -0.291. The second-order valence-corrected chi connectivity index (χ2v) is 9.38. The lowest BCUT2D eigenvalue weighted by atomic mass is 10.0. The number of nitrogens with two attached hydrogens (primary N) is 2. The SMILES string of the molecule is N=C(N)c1ccc(C(=O)N(Cc2cccc(Oc3ccccc3)c2)C(Cc2ccccc2)C(=O)NCC(N)=O)cc1. The summed E-state index contributed by atoms with van der Waals surface area (Å²) in [5, 5.41) is 10.2. The average molecular weight is 550 g/mol. The van der Waals surface area contributed by atoms with Gasteiger partial charge in [0.25, 0.3) is 5.91 Å². The van der Waals surface area contributed by atoms with Crippen molar-refractivity contribution in [2.75, 3.05) is 6.54 Å². The number of hydrogen-bond acceptors (Lipinski definition) is 5. The zero-order valence-corrected chi connectivity index (χ0v) is 22.3. The van der Waals surface area contributed by atoms with E-state index in [-0.39, 0.29) is 25.3 Å². The molecule has 0 aliphatic rings. The summed E-state index contributed by atoms with van der Waals surface area (Å²) in [5.74, 6) is -0.507. The van der Waals surface area contributed by atoms with E-state index in [1.54, 1.807) is 24.3 Å². The maximum Gasteiger partial charge on any atom is 0.254 e. The van der Waals surface area contributed by atoms with E-state index < -0.39 is 23.8 Å². The van der Waals surface area contributed by atoms with E-state index in [9.17, 15) is 14.4 Å². The van der Waals surface area contributed by atoms with Gasteiger partial charge in [0, 0.05) is 24.1 Å². The minimum absolute atomic E-state index is 0.0702. The van der Waals surface area contributed by atoms with Gasteiger partial charge in [0.1, 0.15) is 23.4 Å². The Morgan fingerprint density at radius 1 is 0.756 bits per heavy atom. The van der Waals surface area contributed by atoms with Gasteiger partial charge >= 0.3 is 0 Å². The van der Waals surface area contributed by atoms with E-state index in [2.05, 4.69) is 5.32 Å². The van der Waals surface area contributed by atoms with Gasteiger partial charge in [0.2, 0.25) is 11.8 Å². The molecule has 9 nitrogen and oxygen atoms in total. The second kappa shape index (κ2) is 13.6. The molecule has 0 radical (unpaired) electrons. The smallest absolute Gasteiger partial charge is 0.254 e. The molecule has 1 atom stereocenters. The van der Waals surface area contributed by atoms with Crippen LogP contribution in [0.25, 0.3) is 0 Å². The highest BCUT2D eigenvalue weighted by Crippen LogP contribution is 2.24. The van der Waals surface area contributed by atoms with Gasteiger partial charge in [0.15, 0.2) is 0 Å². The lowest BCUT2D eigenvalue weighted by Crippen LogP contribution is -2.51. The summed E-state index contributed by atoms with van der Waals surface area (Å²) < 4.78 is 5.98. The van der Waals surface area contributed by atoms with Crippen LogP contribution in [0.1, 0.15) is 27.0 Å². The molecule has 4 rings (SSSR count). The van der Waals surface area contributed by atoms with Crippen molar-refractivity contribution in [3.8, 4) is 11.5 Å². The van der Waals surface area contributed by atoms with Crippen molar-refractivity contribution in [3.05, 3.63) is 131 Å². The van der Waals surface area contributed by atoms with Crippen LogP contribution in [0.3, 0.4) is 0 Å². The molecule has 0 saturated carbocycles. The minimum atomic E-state index is -0.976. The van der Waals surface area contributed by atoms with E-state index >= 15 is 0 Å². The first-order chi connectivity index (χ1) is 19.8. The number of nitrogens with one attached hydrogen (secondary N) is 2. The first-order valence-electron chi connectivity index (χ1n) is 13.0. The zero-order valence-electron chi connectivity index (χ0n) is 22.3. The quantitative estimate of drug-likeness (QED) is 0.157. The van der Waals surface area contributed by atoms with E-state index in [0.717, 1.165) is 11.1 Å². The molecule has 4 aromatic rings. The van der Waals surface area contributed by atoms with Gasteiger partial charge < -0.3 is 26.4 Å². The molecule has 208 valence electrons. The van der Waals surface area contributed by atoms with Crippen LogP contribution < -0.4 is 21.5 Å². The average Bonchev–Trinajstić information content (AvgIpc) is 2.98. The topological polar surface area (TPSA) is 152 Å². The van der Waals surface area contributed by atoms with Crippen molar-refractivity contribution >= 4 is 23.6 Å². The van der Waals surface area contributed by atoms with Crippen LogP contribution in [0, 0.1) is 5.41 Å². The van der Waals surface area contributed by atoms with E-state index in [4.69, 9.17) is 21.6 Å². The Hall–Kier alpha value is -5.44. The maximum atomic E-state index is 14.0. The predicted octanol–water partition coefficient (Wildman–Crippen LogP) is 3.62. The molecule has 0 aliphatic heterocycles. The number of hydrogen-bond donors (Lipinski definition) is 4. The Kier molecular flexibility index (Phi) is 9.45. The number of amides is 3. The molecular weight excluding hydrogens is 518 g/mol. The molecule has 3 amide bonds. The third-order valence-electron chi connectivity index (χ3n) is 6.32. The normalized spacial score (nSPS) is 11.2. The van der Waals surface area contributed by atoms with Gasteiger partial charge in [-0.25, -0.2) is 0 Å². The minimum Gasteiger partial charge on any atom is -0.457 e. The van der Waals surface area contributed by atoms with Crippen LogP contribution in [-0.4, -0.2) is 41.0 Å². The first-order valence-corrected chi connectivity index (χ1v) is 13.0. The molecule has 4 aromatic carbocycles. The summed E-state index contributed by atoms with van der Waals surface area (Å²) in [6, 6.07) is 31.2. The van der Waals surface area contributed by atoms with E-state index in [0.29, 0.717) is 22.6 Å². The van der Waals surface area contributed by atoms with Crippen LogP contribution in [-0.2, 0) is 22.6 Å². The molecule has 0 bridgehead atoms. The Labute approximate surface area is 238 Å². The van der Waals surface area contributed by atoms with E-state index in [1.165, 1.54) is 4.90 Å². The largest absolute Gasteiger partial charge is 0.457 e. The van der Waals surface area contributed by atoms with Gasteiger partial charge in [-0.15, -0.1) is 0 Å². The standard InChI is InChI=1S/C32H31N5O4/c33-29(38)20-36-31(39)28(19-22-8-3-1-4-9-22)37(32(40)25-16-14-24(15-17-25)30(34)35)21-23-10-7-13-27(18-23)41-26-11-5-2-6-12-26/h1-18,28H,19-21H2,(H2,33,38)(H3,34,35)(H,36,39). The van der Waals surface area contributed by atoms with Crippen molar-refractivity contribution in [2.45, 2.75) is 19.0 Å². The number of nitrogen functional groups attached to an aromatic ring is 1. The van der Waals surface area contributed by atoms with Crippen molar-refractivity contribution in [1.82, 2.24) is 10.2 Å². The van der Waals surface area contributed by atoms with Gasteiger partial charge in [-0.05, 0) is 47.5 Å². The van der Waals surface area contributed by atoms with Crippen LogP contribution in [0.2, 0.25) is 0 Å². The van der Waals surface area contributed by atoms with Crippen LogP contribution in [0.15, 0.2) is 109 Å². The Balaban J connectivity index is 1.71. The monoisotopic (exact) mass is 549 g/mol. The molecule has 6 N–H and O–H groups in total. The van der Waals surface area contributed by atoms with Crippen molar-refractivity contribution in [3.63, 3.8) is 0 Å². The highest BCUT2D eigenvalue weighted by atomic mass is 16.5. The zero-order chi connectivity index (χ0) is 29.2. The number of benzene rings is 4. The Morgan fingerprint density at radius 2 is 1.34 bits per heavy atom. The van der Waals surface area contributed by atoms with E-state index in [1.807, 2.05) is 84.9 Å². The van der Waals surface area contributed by atoms with Gasteiger partial charge in [-0.1, -0.05) is 72.8 Å². The molecule has 0 heterocycles. The van der Waals surface area contributed by atoms with Gasteiger partial charge in [0.05, 0.1) is 6.54 Å². The van der Waals surface area contributed by atoms with Crippen LogP contribution >= 0.6 is 0 Å². The number of carbonyl (C=O) groups is 3. The fourth-order valence-corrected chi connectivity index (χ4v) is 4.28. The molecule has 0 aliphatic carbocycles. The lowest BCUT2D eigenvalue weighted by Gasteiger charge is -2.31. The number of amidine groups is 1. The number of primary amides is 1. The summed E-state index contributed by atoms with van der Waals surface area (Å²) in [7, 11) is 0. The number of para-hydroxylation sites is 1. The third kappa shape index (κ3) is 8.03. The molecular formula is C32H31N5O4. The molecule has 9 heteroatoms. The number of ether oxygens (including phenoxy) is 1. The molecule has 1 unspecified atom stereocenters. The maximum absolute atomic E-state index is 14.0. The van der Waals surface area contributed by atoms with Gasteiger partial charge in [-0.3, -0.25) is 19.8 Å². The fourth-order valence-electron chi connectivity index (χ4n) is 4.28. The molecule has 0 fully saturated rings. The predicted molar refractivity (Wildman–Crippen MR) is 156 cm³/mol. The van der Waals surface area contributed by atoms with Crippen molar-refractivity contribution in [1.29, 1.82) is 5.41 Å². The fraction of sp³-hybridized carbons (Fsp3) is 0.125. The van der Waals surface area contributed by atoms with Crippen molar-refractivity contribution < 1.29 is 19.1 Å². The number of rotatable bonds is 12. The molecule has 0 aromatic heterocycles. The van der Waals surface area contributed by atoms with Crippen LogP contribution in [0.4, 0.5) is 0 Å². The molecule has 0 spiro atoms. The second-order valence-electron chi connectivity index (χ2n) is 9.38. The molecule has 0 saturated heterocycles. The summed E-state index contributed by atoms with van der Waals surface area (Å²) in [5.41, 5.74) is 13.2. The summed E-state index contributed by atoms with van der Waals surface area (Å²) >= 11 is 0. The summed E-state index contributed by atoms with van der Waals surface area (Å²) in [6.07, 6.45) is 0.197. The summed E-state index contributed by atoms with van der Waals surface area (Å²) in [4.78, 5) is 40.4. The Bertz CT molecular complexity index is 1510. The highest BCUT2D eigenvalue weighted by molar-refractivity contribution is 6.00. The van der Waals surface area contributed by atoms with Crippen molar-refractivity contribution in [2.24, 2.45) is 11.5 Å². The highest BCUT2D eigenvalue weighted by Gasteiger charge is 2.31. The molecule has 41 heavy (non-hydrogen) atoms. The number of nitrogens with zero attached hydrogens (tertiary/aromatic N) is 1. The Morgan fingerprint density at radius 3 is 1.98 bits per heavy atom. The van der Waals surface area contributed by atoms with Crippen LogP contribution in [0.5, 0.6) is 11.5 Å². The number of carbonyl (C=O) groups excluding carboxylic acids is 3.